The molecule has 0 radical (unpaired) electrons. The van der Waals surface area contributed by atoms with Crippen LogP contribution in [0.3, 0.4) is 0 Å². The minimum absolute atomic E-state index is 0.199. The topological polar surface area (TPSA) is 106 Å². The highest BCUT2D eigenvalue weighted by Crippen LogP contribution is 2.27. The third kappa shape index (κ3) is 5.83. The van der Waals surface area contributed by atoms with Gasteiger partial charge in [0.25, 0.3) is 5.91 Å². The molecular weight excluding hydrogens is 368 g/mol. The summed E-state index contributed by atoms with van der Waals surface area (Å²) in [7, 11) is 3.83. The molecule has 0 heterocycles. The first-order valence-corrected chi connectivity index (χ1v) is 9.64. The van der Waals surface area contributed by atoms with Crippen LogP contribution in [0.5, 0.6) is 0 Å². The number of ether oxygens (including phenoxy) is 1. The summed E-state index contributed by atoms with van der Waals surface area (Å²) in [6.45, 7) is 1.43. The summed E-state index contributed by atoms with van der Waals surface area (Å²) in [6, 6.07) is 11.3. The van der Waals surface area contributed by atoms with E-state index in [9.17, 15) is 20.1 Å². The third-order valence-electron chi connectivity index (χ3n) is 5.00. The van der Waals surface area contributed by atoms with Gasteiger partial charge in [0.15, 0.2) is 6.10 Å². The second kappa shape index (κ2) is 9.75. The first-order chi connectivity index (χ1) is 13.8. The summed E-state index contributed by atoms with van der Waals surface area (Å²) in [5.41, 5.74) is 0.558. The first kappa shape index (κ1) is 22.0. The highest BCUT2D eigenvalue weighted by atomic mass is 16.5. The maximum atomic E-state index is 12.4. The van der Waals surface area contributed by atoms with Crippen LogP contribution < -0.4 is 10.2 Å². The van der Waals surface area contributed by atoms with Gasteiger partial charge in [0.05, 0.1) is 6.07 Å². The van der Waals surface area contributed by atoms with Crippen molar-refractivity contribution in [1.82, 2.24) is 5.32 Å². The molecule has 0 bridgehead atoms. The summed E-state index contributed by atoms with van der Waals surface area (Å²) in [4.78, 5) is 26.7. The van der Waals surface area contributed by atoms with Gasteiger partial charge in [-0.05, 0) is 43.5 Å². The molecule has 1 atom stereocenters. The Hall–Kier alpha value is -3.32. The van der Waals surface area contributed by atoms with Crippen molar-refractivity contribution in [2.45, 2.75) is 50.7 Å². The van der Waals surface area contributed by atoms with Gasteiger partial charge in [0, 0.05) is 19.8 Å². The summed E-state index contributed by atoms with van der Waals surface area (Å²) < 4.78 is 5.17. The van der Waals surface area contributed by atoms with E-state index in [0.717, 1.165) is 24.9 Å². The lowest BCUT2D eigenvalue weighted by molar-refractivity contribution is -0.151. The predicted molar refractivity (Wildman–Crippen MR) is 109 cm³/mol. The number of hydrogen-bond donors (Lipinski definition) is 1. The fraction of sp³-hybridized carbons (Fsp3) is 0.455. The zero-order valence-electron chi connectivity index (χ0n) is 17.1. The molecule has 152 valence electrons. The van der Waals surface area contributed by atoms with Crippen LogP contribution in [0.1, 0.15) is 44.6 Å². The average Bonchev–Trinajstić information content (AvgIpc) is 2.72. The lowest BCUT2D eigenvalue weighted by atomic mass is 9.83. The van der Waals surface area contributed by atoms with Crippen molar-refractivity contribution in [2.75, 3.05) is 19.0 Å². The Morgan fingerprint density at radius 1 is 1.17 bits per heavy atom. The van der Waals surface area contributed by atoms with Gasteiger partial charge in [0.1, 0.15) is 17.2 Å². The quantitative estimate of drug-likeness (QED) is 0.452. The Labute approximate surface area is 171 Å². The molecule has 1 aliphatic carbocycles. The van der Waals surface area contributed by atoms with E-state index in [4.69, 9.17) is 4.74 Å². The summed E-state index contributed by atoms with van der Waals surface area (Å²) in [5, 5.41) is 21.5. The molecule has 0 unspecified atom stereocenters. The number of carbonyl (C=O) groups is 2. The molecule has 0 aliphatic heterocycles. The van der Waals surface area contributed by atoms with Gasteiger partial charge in [-0.15, -0.1) is 0 Å². The number of esters is 1. The maximum absolute atomic E-state index is 12.4. The molecule has 0 saturated heterocycles. The van der Waals surface area contributed by atoms with E-state index in [0.29, 0.717) is 18.4 Å². The van der Waals surface area contributed by atoms with Crippen molar-refractivity contribution in [3.05, 3.63) is 35.4 Å². The number of nitriles is 2. The highest BCUT2D eigenvalue weighted by Gasteiger charge is 2.35. The molecule has 1 saturated carbocycles. The van der Waals surface area contributed by atoms with Gasteiger partial charge in [0.2, 0.25) is 0 Å². The summed E-state index contributed by atoms with van der Waals surface area (Å²) in [5.74, 6) is -1.41. The molecule has 1 aromatic carbocycles. The number of nitrogens with one attached hydrogen (secondary N) is 1. The van der Waals surface area contributed by atoms with Crippen LogP contribution >= 0.6 is 0 Å². The van der Waals surface area contributed by atoms with Gasteiger partial charge in [-0.25, -0.2) is 4.79 Å². The van der Waals surface area contributed by atoms with Gasteiger partial charge >= 0.3 is 5.97 Å². The van der Waals surface area contributed by atoms with Crippen LogP contribution in [-0.2, 0) is 14.3 Å². The molecule has 7 heteroatoms. The normalized spacial score (nSPS) is 16.7. The number of carbonyl (C=O) groups excluding carboxylic acids is 2. The van der Waals surface area contributed by atoms with E-state index in [1.54, 1.807) is 12.1 Å². The molecule has 0 spiro atoms. The second-order valence-electron chi connectivity index (χ2n) is 7.45. The number of nitrogens with zero attached hydrogens (tertiary/aromatic N) is 3. The summed E-state index contributed by atoms with van der Waals surface area (Å²) >= 11 is 0. The predicted octanol–water partition coefficient (Wildman–Crippen LogP) is 2.93. The van der Waals surface area contributed by atoms with Crippen LogP contribution in [0, 0.1) is 22.7 Å². The zero-order valence-corrected chi connectivity index (χ0v) is 17.1. The number of anilines is 1. The molecule has 1 fully saturated rings. The lowest BCUT2D eigenvalue weighted by Crippen LogP contribution is -2.52. The molecule has 1 aromatic rings. The summed E-state index contributed by atoms with van der Waals surface area (Å²) in [6.07, 6.45) is 4.26. The zero-order chi connectivity index (χ0) is 21.4. The van der Waals surface area contributed by atoms with Gasteiger partial charge < -0.3 is 15.0 Å². The largest absolute Gasteiger partial charge is 0.448 e. The molecule has 1 N–H and O–H groups in total. The SMILES string of the molecule is C[C@H](OC(=O)/C(C#N)=C\c1ccc(N(C)C)cc1)C(=O)NC1(C#N)CCCCC1. The smallest absolute Gasteiger partial charge is 0.349 e. The Morgan fingerprint density at radius 2 is 1.79 bits per heavy atom. The van der Waals surface area contributed by atoms with E-state index < -0.39 is 23.5 Å². The van der Waals surface area contributed by atoms with Gasteiger partial charge in [-0.2, -0.15) is 10.5 Å². The van der Waals surface area contributed by atoms with Crippen molar-refractivity contribution in [2.24, 2.45) is 0 Å². The molecule has 1 amide bonds. The molecule has 2 rings (SSSR count). The van der Waals surface area contributed by atoms with Crippen LogP contribution in [0.4, 0.5) is 5.69 Å². The van der Waals surface area contributed by atoms with Gasteiger partial charge in [-0.3, -0.25) is 4.79 Å². The van der Waals surface area contributed by atoms with Crippen LogP contribution in [0.2, 0.25) is 0 Å². The molecule has 29 heavy (non-hydrogen) atoms. The Kier molecular flexibility index (Phi) is 7.39. The van der Waals surface area contributed by atoms with Crippen molar-refractivity contribution >= 4 is 23.6 Å². The minimum Gasteiger partial charge on any atom is -0.448 e. The lowest BCUT2D eigenvalue weighted by Gasteiger charge is -2.32. The van der Waals surface area contributed by atoms with Gasteiger partial charge in [-0.1, -0.05) is 31.4 Å². The first-order valence-electron chi connectivity index (χ1n) is 9.64. The van der Waals surface area contributed by atoms with Crippen molar-refractivity contribution in [3.8, 4) is 12.1 Å². The fourth-order valence-electron chi connectivity index (χ4n) is 3.21. The Morgan fingerprint density at radius 3 is 2.31 bits per heavy atom. The minimum atomic E-state index is -1.11. The average molecular weight is 394 g/mol. The molecule has 0 aromatic heterocycles. The number of benzene rings is 1. The van der Waals surface area contributed by atoms with Crippen LogP contribution in [0.25, 0.3) is 6.08 Å². The molecule has 7 nitrogen and oxygen atoms in total. The van der Waals surface area contributed by atoms with E-state index >= 15 is 0 Å². The third-order valence-corrected chi connectivity index (χ3v) is 5.00. The fourth-order valence-corrected chi connectivity index (χ4v) is 3.21. The molecular formula is C22H26N4O3. The van der Waals surface area contributed by atoms with Crippen molar-refractivity contribution in [3.63, 3.8) is 0 Å². The maximum Gasteiger partial charge on any atom is 0.349 e. The van der Waals surface area contributed by atoms with Crippen molar-refractivity contribution < 1.29 is 14.3 Å². The van der Waals surface area contributed by atoms with E-state index in [1.165, 1.54) is 13.0 Å². The highest BCUT2D eigenvalue weighted by molar-refractivity contribution is 5.99. The van der Waals surface area contributed by atoms with Crippen LogP contribution in [0.15, 0.2) is 29.8 Å². The van der Waals surface area contributed by atoms with E-state index in [1.807, 2.05) is 37.2 Å². The Bertz CT molecular complexity index is 854. The number of rotatable bonds is 6. The molecule has 1 aliphatic rings. The van der Waals surface area contributed by atoms with E-state index in [-0.39, 0.29) is 5.57 Å². The van der Waals surface area contributed by atoms with E-state index in [2.05, 4.69) is 11.4 Å². The number of amides is 1. The van der Waals surface area contributed by atoms with Crippen LogP contribution in [-0.4, -0.2) is 37.6 Å². The monoisotopic (exact) mass is 394 g/mol. The Balaban J connectivity index is 2.03. The van der Waals surface area contributed by atoms with Crippen molar-refractivity contribution in [1.29, 1.82) is 10.5 Å². The standard InChI is InChI=1S/C22H26N4O3/c1-16(20(27)25-22(15-24)11-5-4-6-12-22)29-21(28)18(14-23)13-17-7-9-19(10-8-17)26(2)3/h7-10,13,16H,4-6,11-12H2,1-3H3,(H,25,27)/b18-13-/t16-/m0/s1. The number of hydrogen-bond acceptors (Lipinski definition) is 6. The second-order valence-corrected chi connectivity index (χ2v) is 7.45.